The summed E-state index contributed by atoms with van der Waals surface area (Å²) < 4.78 is 7.68. The van der Waals surface area contributed by atoms with Crippen molar-refractivity contribution in [3.63, 3.8) is 0 Å². The van der Waals surface area contributed by atoms with Crippen LogP contribution in [0.15, 0.2) is 48.8 Å². The van der Waals surface area contributed by atoms with Crippen LogP contribution in [0.2, 0.25) is 0 Å². The number of hydrogen-bond acceptors (Lipinski definition) is 5. The van der Waals surface area contributed by atoms with Crippen LogP contribution >= 0.6 is 0 Å². The minimum atomic E-state index is -0.0626. The fraction of sp³-hybridized carbons (Fsp3) is 0.357. The maximum atomic E-state index is 13.7. The van der Waals surface area contributed by atoms with Gasteiger partial charge in [0.2, 0.25) is 0 Å². The summed E-state index contributed by atoms with van der Waals surface area (Å²) in [4.78, 5) is 24.8. The van der Waals surface area contributed by atoms with Crippen molar-refractivity contribution in [3.8, 4) is 17.1 Å². The lowest BCUT2D eigenvalue weighted by Crippen LogP contribution is -2.27. The molecule has 7 heteroatoms. The van der Waals surface area contributed by atoms with E-state index < -0.39 is 0 Å². The normalized spacial score (nSPS) is 11.1. The molecule has 0 bridgehead atoms. The topological polar surface area (TPSA) is 73.1 Å². The third kappa shape index (κ3) is 5.34. The molecule has 35 heavy (non-hydrogen) atoms. The van der Waals surface area contributed by atoms with Crippen LogP contribution in [0.5, 0.6) is 5.75 Å². The van der Waals surface area contributed by atoms with E-state index in [2.05, 4.69) is 23.9 Å². The molecule has 7 nitrogen and oxygen atoms in total. The quantitative estimate of drug-likeness (QED) is 0.298. The molecular formula is C28H33N5O2. The number of aromatic nitrogens is 4. The Hall–Kier alpha value is -3.74. The van der Waals surface area contributed by atoms with Crippen molar-refractivity contribution in [1.82, 2.24) is 24.6 Å². The van der Waals surface area contributed by atoms with E-state index >= 15 is 0 Å². The van der Waals surface area contributed by atoms with Crippen molar-refractivity contribution in [1.29, 1.82) is 0 Å². The van der Waals surface area contributed by atoms with E-state index in [4.69, 9.17) is 9.72 Å². The van der Waals surface area contributed by atoms with Crippen molar-refractivity contribution in [2.75, 3.05) is 13.7 Å². The zero-order valence-corrected chi connectivity index (χ0v) is 21.2. The second-order valence-electron chi connectivity index (χ2n) is 8.89. The number of hydrogen-bond donors (Lipinski definition) is 0. The van der Waals surface area contributed by atoms with E-state index in [-0.39, 0.29) is 5.91 Å². The van der Waals surface area contributed by atoms with Crippen molar-refractivity contribution >= 4 is 16.8 Å². The van der Waals surface area contributed by atoms with Gasteiger partial charge in [-0.15, -0.1) is 0 Å². The second-order valence-corrected chi connectivity index (χ2v) is 8.89. The van der Waals surface area contributed by atoms with Crippen LogP contribution in [-0.2, 0) is 13.1 Å². The highest BCUT2D eigenvalue weighted by atomic mass is 16.5. The lowest BCUT2D eigenvalue weighted by molar-refractivity contribution is 0.0787. The Kier molecular flexibility index (Phi) is 7.44. The molecule has 0 fully saturated rings. The molecule has 0 aliphatic rings. The van der Waals surface area contributed by atoms with E-state index in [1.165, 1.54) is 0 Å². The first-order valence-corrected chi connectivity index (χ1v) is 12.2. The van der Waals surface area contributed by atoms with Crippen molar-refractivity contribution in [2.45, 2.75) is 53.6 Å². The Labute approximate surface area is 206 Å². The number of amides is 1. The summed E-state index contributed by atoms with van der Waals surface area (Å²) in [6.45, 7) is 10.2. The largest absolute Gasteiger partial charge is 0.492 e. The summed E-state index contributed by atoms with van der Waals surface area (Å²) in [6, 6.07) is 11.6. The van der Waals surface area contributed by atoms with Gasteiger partial charge in [0.05, 0.1) is 41.5 Å². The lowest BCUT2D eigenvalue weighted by atomic mass is 10.0. The Morgan fingerprint density at radius 2 is 1.89 bits per heavy atom. The summed E-state index contributed by atoms with van der Waals surface area (Å²) >= 11 is 0. The van der Waals surface area contributed by atoms with Gasteiger partial charge in [-0.25, -0.2) is 4.98 Å². The number of unbranched alkanes of at least 4 members (excludes halogenated alkanes) is 1. The van der Waals surface area contributed by atoms with Crippen molar-refractivity contribution in [3.05, 3.63) is 71.2 Å². The fourth-order valence-corrected chi connectivity index (χ4v) is 4.09. The van der Waals surface area contributed by atoms with E-state index in [0.29, 0.717) is 30.1 Å². The summed E-state index contributed by atoms with van der Waals surface area (Å²) in [5.41, 5.74) is 5.94. The third-order valence-corrected chi connectivity index (χ3v) is 6.22. The summed E-state index contributed by atoms with van der Waals surface area (Å²) in [6.07, 6.45) is 5.65. The van der Waals surface area contributed by atoms with E-state index in [9.17, 15) is 4.79 Å². The van der Waals surface area contributed by atoms with Gasteiger partial charge in [-0.1, -0.05) is 25.0 Å². The number of carbonyl (C=O) groups is 1. The predicted molar refractivity (Wildman–Crippen MR) is 139 cm³/mol. The summed E-state index contributed by atoms with van der Waals surface area (Å²) in [7, 11) is 1.83. The molecule has 0 radical (unpaired) electrons. The molecule has 3 heterocycles. The highest BCUT2D eigenvalue weighted by Crippen LogP contribution is 2.27. The number of ether oxygens (including phenoxy) is 1. The van der Waals surface area contributed by atoms with Gasteiger partial charge in [0.1, 0.15) is 5.75 Å². The molecule has 0 aliphatic heterocycles. The monoisotopic (exact) mass is 471 g/mol. The first-order valence-electron chi connectivity index (χ1n) is 12.2. The summed E-state index contributed by atoms with van der Waals surface area (Å²) in [5, 5.41) is 5.25. The molecule has 0 spiro atoms. The molecule has 3 aromatic heterocycles. The SMILES string of the molecule is CCCCOc1ccc(-c2cc(C(=O)N(C)Cc3cnn(CC)c3C)c3cc(C)ccc3n2)nc1. The number of carbonyl (C=O) groups excluding carboxylic acids is 1. The molecule has 0 saturated heterocycles. The predicted octanol–water partition coefficient (Wildman–Crippen LogP) is 5.58. The van der Waals surface area contributed by atoms with Crippen LogP contribution in [0.1, 0.15) is 53.9 Å². The third-order valence-electron chi connectivity index (χ3n) is 6.22. The average Bonchev–Trinajstić information content (AvgIpc) is 3.22. The molecule has 0 N–H and O–H groups in total. The average molecular weight is 472 g/mol. The van der Waals surface area contributed by atoms with Gasteiger partial charge in [-0.05, 0) is 57.5 Å². The minimum Gasteiger partial charge on any atom is -0.492 e. The zero-order valence-electron chi connectivity index (χ0n) is 21.2. The van der Waals surface area contributed by atoms with Gasteiger partial charge in [-0.3, -0.25) is 14.5 Å². The molecule has 1 amide bonds. The Balaban J connectivity index is 1.67. The van der Waals surface area contributed by atoms with Crippen molar-refractivity contribution < 1.29 is 9.53 Å². The van der Waals surface area contributed by atoms with Gasteiger partial charge < -0.3 is 9.64 Å². The van der Waals surface area contributed by atoms with Crippen LogP contribution in [0.25, 0.3) is 22.3 Å². The molecule has 182 valence electrons. The standard InChI is InChI=1S/C28H33N5O2/c1-6-8-13-35-22-10-12-26(29-17-22)27-15-24(23-14-19(3)9-11-25(23)31-27)28(34)32(5)18-21-16-30-33(7-2)20(21)4/h9-12,14-17H,6-8,13,18H2,1-5H3. The molecule has 0 aliphatic carbocycles. The Morgan fingerprint density at radius 1 is 1.06 bits per heavy atom. The molecule has 4 rings (SSSR count). The molecule has 1 aromatic carbocycles. The number of pyridine rings is 2. The minimum absolute atomic E-state index is 0.0626. The number of nitrogens with zero attached hydrogens (tertiary/aromatic N) is 5. The van der Waals surface area contributed by atoms with Gasteiger partial charge >= 0.3 is 0 Å². The molecular weight excluding hydrogens is 438 g/mol. The smallest absolute Gasteiger partial charge is 0.254 e. The van der Waals surface area contributed by atoms with E-state index in [1.54, 1.807) is 11.1 Å². The maximum absolute atomic E-state index is 13.7. The van der Waals surface area contributed by atoms with Crippen LogP contribution < -0.4 is 4.74 Å². The Bertz CT molecular complexity index is 1330. The second kappa shape index (κ2) is 10.7. The first-order chi connectivity index (χ1) is 16.9. The number of fused-ring (bicyclic) bond motifs is 1. The van der Waals surface area contributed by atoms with Gasteiger partial charge in [0.25, 0.3) is 5.91 Å². The molecule has 0 atom stereocenters. The van der Waals surface area contributed by atoms with Crippen molar-refractivity contribution in [2.24, 2.45) is 0 Å². The van der Waals surface area contributed by atoms with E-state index in [0.717, 1.165) is 52.9 Å². The fourth-order valence-electron chi connectivity index (χ4n) is 4.09. The van der Waals surface area contributed by atoms with Crippen LogP contribution in [-0.4, -0.2) is 44.2 Å². The van der Waals surface area contributed by atoms with Gasteiger partial charge in [0.15, 0.2) is 0 Å². The number of rotatable bonds is 9. The highest BCUT2D eigenvalue weighted by Gasteiger charge is 2.20. The molecule has 4 aromatic rings. The molecule has 0 unspecified atom stereocenters. The number of aryl methyl sites for hydroxylation is 2. The number of benzene rings is 1. The maximum Gasteiger partial charge on any atom is 0.254 e. The summed E-state index contributed by atoms with van der Waals surface area (Å²) in [5.74, 6) is 0.671. The van der Waals surface area contributed by atoms with Gasteiger partial charge in [-0.2, -0.15) is 5.10 Å². The molecule has 0 saturated carbocycles. The van der Waals surface area contributed by atoms with Crippen LogP contribution in [0.3, 0.4) is 0 Å². The van der Waals surface area contributed by atoms with Crippen LogP contribution in [0.4, 0.5) is 0 Å². The van der Waals surface area contributed by atoms with E-state index in [1.807, 2.05) is 68.2 Å². The van der Waals surface area contributed by atoms with Crippen LogP contribution in [0, 0.1) is 13.8 Å². The Morgan fingerprint density at radius 3 is 2.57 bits per heavy atom. The first kappa shape index (κ1) is 24.4. The highest BCUT2D eigenvalue weighted by molar-refractivity contribution is 6.07. The lowest BCUT2D eigenvalue weighted by Gasteiger charge is -2.19. The zero-order chi connectivity index (χ0) is 24.9. The van der Waals surface area contributed by atoms with Gasteiger partial charge in [0, 0.05) is 36.8 Å².